The Bertz CT molecular complexity index is 350. The Morgan fingerprint density at radius 2 is 1.88 bits per heavy atom. The quantitative estimate of drug-likeness (QED) is 0.779. The Kier molecular flexibility index (Phi) is 4.12. The smallest absolute Gasteiger partial charge is 0.155 e. The molecule has 0 spiro atoms. The number of carbonyl (C=O) groups excluding carboxylic acids is 1. The normalized spacial score (nSPS) is 18.2. The van der Waals surface area contributed by atoms with Crippen molar-refractivity contribution in [3.63, 3.8) is 0 Å². The van der Waals surface area contributed by atoms with Crippen molar-refractivity contribution in [2.45, 2.75) is 38.4 Å². The van der Waals surface area contributed by atoms with Gasteiger partial charge in [0.25, 0.3) is 0 Å². The first-order valence-electron chi connectivity index (χ1n) is 5.67. The van der Waals surface area contributed by atoms with Crippen LogP contribution in [0.3, 0.4) is 0 Å². The number of Topliss-reactive ketones (excluding diaryl/α,β-unsaturated/α-hetero) is 1. The van der Waals surface area contributed by atoms with Crippen molar-refractivity contribution < 1.29 is 13.2 Å². The Hall–Kier alpha value is -0.420. The van der Waals surface area contributed by atoms with Gasteiger partial charge in [0.15, 0.2) is 9.84 Å². The number of nitrogens with one attached hydrogen (secondary N) is 1. The maximum atomic E-state index is 11.8. The maximum Gasteiger partial charge on any atom is 0.155 e. The molecule has 1 rings (SSSR count). The maximum absolute atomic E-state index is 11.8. The van der Waals surface area contributed by atoms with Gasteiger partial charge in [-0.05, 0) is 39.8 Å². The van der Waals surface area contributed by atoms with E-state index in [-0.39, 0.29) is 18.0 Å². The fraction of sp³-hybridized carbons (Fsp3) is 0.909. The summed E-state index contributed by atoms with van der Waals surface area (Å²) in [5.41, 5.74) is 0. The minimum Gasteiger partial charge on any atom is -0.316 e. The third-order valence-corrected chi connectivity index (χ3v) is 5.57. The molecule has 4 nitrogen and oxygen atoms in total. The lowest BCUT2D eigenvalue weighted by Crippen LogP contribution is -2.43. The zero-order valence-electron chi connectivity index (χ0n) is 10.2. The molecule has 1 N–H and O–H groups in total. The second kappa shape index (κ2) is 4.84. The first-order valence-corrected chi connectivity index (χ1v) is 7.32. The molecule has 0 amide bonds. The van der Waals surface area contributed by atoms with E-state index >= 15 is 0 Å². The first-order chi connectivity index (χ1) is 7.22. The highest BCUT2D eigenvalue weighted by Gasteiger charge is 2.29. The minimum absolute atomic E-state index is 0.0184. The molecule has 0 saturated carbocycles. The van der Waals surface area contributed by atoms with E-state index in [1.54, 1.807) is 20.8 Å². The van der Waals surface area contributed by atoms with Crippen molar-refractivity contribution in [2.24, 2.45) is 5.92 Å². The number of ketones is 1. The van der Waals surface area contributed by atoms with Crippen LogP contribution in [0.2, 0.25) is 0 Å². The van der Waals surface area contributed by atoms with Crippen LogP contribution in [-0.4, -0.2) is 37.8 Å². The van der Waals surface area contributed by atoms with Crippen LogP contribution in [-0.2, 0) is 14.6 Å². The van der Waals surface area contributed by atoms with E-state index in [0.29, 0.717) is 12.3 Å². The molecule has 1 saturated heterocycles. The van der Waals surface area contributed by atoms with Gasteiger partial charge in [-0.3, -0.25) is 4.79 Å². The summed E-state index contributed by atoms with van der Waals surface area (Å²) in [4.78, 5) is 11.5. The molecule has 1 heterocycles. The highest BCUT2D eigenvalue weighted by atomic mass is 32.2. The first kappa shape index (κ1) is 13.6. The Balaban J connectivity index is 2.36. The van der Waals surface area contributed by atoms with Gasteiger partial charge in [0, 0.05) is 12.8 Å². The zero-order chi connectivity index (χ0) is 12.4. The van der Waals surface area contributed by atoms with Gasteiger partial charge in [0.2, 0.25) is 0 Å². The van der Waals surface area contributed by atoms with Crippen molar-refractivity contribution in [1.29, 1.82) is 0 Å². The van der Waals surface area contributed by atoms with Crippen LogP contribution in [0.25, 0.3) is 0 Å². The predicted molar refractivity (Wildman–Crippen MR) is 64.1 cm³/mol. The largest absolute Gasteiger partial charge is 0.316 e. The molecule has 1 aliphatic heterocycles. The lowest BCUT2D eigenvalue weighted by Gasteiger charge is -2.26. The SMILES string of the molecule is CC(C)(C)S(=O)(=O)CCC(=O)CC1CNC1. The van der Waals surface area contributed by atoms with Crippen LogP contribution in [0.4, 0.5) is 0 Å². The summed E-state index contributed by atoms with van der Waals surface area (Å²) in [7, 11) is -3.15. The van der Waals surface area contributed by atoms with E-state index in [1.165, 1.54) is 0 Å². The topological polar surface area (TPSA) is 63.2 Å². The van der Waals surface area contributed by atoms with Crippen molar-refractivity contribution >= 4 is 15.6 Å². The number of hydrogen-bond acceptors (Lipinski definition) is 4. The van der Waals surface area contributed by atoms with Gasteiger partial charge in [-0.25, -0.2) is 8.42 Å². The number of rotatable bonds is 5. The number of carbonyl (C=O) groups is 1. The molecule has 0 radical (unpaired) electrons. The van der Waals surface area contributed by atoms with Crippen molar-refractivity contribution in [3.05, 3.63) is 0 Å². The number of hydrogen-bond donors (Lipinski definition) is 1. The monoisotopic (exact) mass is 247 g/mol. The molecule has 0 bridgehead atoms. The Labute approximate surface area is 97.7 Å². The minimum atomic E-state index is -3.15. The van der Waals surface area contributed by atoms with Gasteiger partial charge >= 0.3 is 0 Å². The number of sulfone groups is 1. The highest BCUT2D eigenvalue weighted by Crippen LogP contribution is 2.18. The molecule has 0 aliphatic carbocycles. The van der Waals surface area contributed by atoms with E-state index in [9.17, 15) is 13.2 Å². The third-order valence-electron chi connectivity index (χ3n) is 2.97. The van der Waals surface area contributed by atoms with Gasteiger partial charge in [-0.15, -0.1) is 0 Å². The molecule has 1 fully saturated rings. The summed E-state index contributed by atoms with van der Waals surface area (Å²) < 4.78 is 22.8. The molecule has 16 heavy (non-hydrogen) atoms. The van der Waals surface area contributed by atoms with Gasteiger partial charge in [-0.1, -0.05) is 0 Å². The van der Waals surface area contributed by atoms with Gasteiger partial charge < -0.3 is 5.32 Å². The van der Waals surface area contributed by atoms with E-state index in [0.717, 1.165) is 13.1 Å². The lowest BCUT2D eigenvalue weighted by atomic mass is 9.96. The highest BCUT2D eigenvalue weighted by molar-refractivity contribution is 7.92. The van der Waals surface area contributed by atoms with Gasteiger partial charge in [-0.2, -0.15) is 0 Å². The third kappa shape index (κ3) is 3.56. The second-order valence-electron chi connectivity index (χ2n) is 5.45. The summed E-state index contributed by atoms with van der Waals surface area (Å²) in [6, 6.07) is 0. The van der Waals surface area contributed by atoms with E-state index in [1.807, 2.05) is 0 Å². The molecule has 0 unspecified atom stereocenters. The molecular weight excluding hydrogens is 226 g/mol. The Morgan fingerprint density at radius 1 is 1.31 bits per heavy atom. The van der Waals surface area contributed by atoms with Crippen molar-refractivity contribution in [3.8, 4) is 0 Å². The van der Waals surface area contributed by atoms with Gasteiger partial charge in [0.1, 0.15) is 5.78 Å². The predicted octanol–water partition coefficient (Wildman–Crippen LogP) is 0.768. The van der Waals surface area contributed by atoms with Crippen LogP contribution in [0, 0.1) is 5.92 Å². The van der Waals surface area contributed by atoms with Crippen LogP contribution < -0.4 is 5.32 Å². The molecule has 1 aliphatic rings. The Morgan fingerprint density at radius 3 is 2.25 bits per heavy atom. The molecule has 5 heteroatoms. The molecule has 0 aromatic heterocycles. The van der Waals surface area contributed by atoms with E-state index in [2.05, 4.69) is 5.32 Å². The van der Waals surface area contributed by atoms with Crippen LogP contribution in [0.5, 0.6) is 0 Å². The second-order valence-corrected chi connectivity index (χ2v) is 8.31. The average Bonchev–Trinajstić information content (AvgIpc) is 2.06. The van der Waals surface area contributed by atoms with Gasteiger partial charge in [0.05, 0.1) is 10.5 Å². The zero-order valence-corrected chi connectivity index (χ0v) is 11.1. The summed E-state index contributed by atoms with van der Waals surface area (Å²) >= 11 is 0. The summed E-state index contributed by atoms with van der Waals surface area (Å²) in [6.07, 6.45) is 0.683. The molecule has 0 aromatic rings. The van der Waals surface area contributed by atoms with Crippen LogP contribution in [0.15, 0.2) is 0 Å². The summed E-state index contributed by atoms with van der Waals surface area (Å²) in [5.74, 6) is 0.472. The fourth-order valence-corrected chi connectivity index (χ4v) is 2.58. The summed E-state index contributed by atoms with van der Waals surface area (Å²) in [6.45, 7) is 6.78. The molecule has 94 valence electrons. The van der Waals surface area contributed by atoms with E-state index in [4.69, 9.17) is 0 Å². The molecule has 0 aromatic carbocycles. The van der Waals surface area contributed by atoms with Crippen molar-refractivity contribution in [1.82, 2.24) is 5.32 Å². The van der Waals surface area contributed by atoms with Crippen LogP contribution in [0.1, 0.15) is 33.6 Å². The molecular formula is C11H21NO3S. The van der Waals surface area contributed by atoms with Crippen molar-refractivity contribution in [2.75, 3.05) is 18.8 Å². The average molecular weight is 247 g/mol. The summed E-state index contributed by atoms with van der Waals surface area (Å²) in [5, 5.41) is 3.09. The molecule has 0 atom stereocenters. The fourth-order valence-electron chi connectivity index (χ4n) is 1.47. The van der Waals surface area contributed by atoms with Crippen LogP contribution >= 0.6 is 0 Å². The standard InChI is InChI=1S/C11H21NO3S/c1-11(2,3)16(14,15)5-4-10(13)6-9-7-12-8-9/h9,12H,4-8H2,1-3H3. The lowest BCUT2D eigenvalue weighted by molar-refractivity contribution is -0.119. The van der Waals surface area contributed by atoms with E-state index < -0.39 is 14.6 Å².